The molecular weight excluding hydrogens is 362 g/mol. The highest BCUT2D eigenvalue weighted by Gasteiger charge is 2.51. The van der Waals surface area contributed by atoms with Crippen molar-refractivity contribution >= 4 is 0 Å². The summed E-state index contributed by atoms with van der Waals surface area (Å²) in [6.45, 7) is 3.23. The fraction of sp³-hybridized carbons (Fsp3) is 0.600. The lowest BCUT2D eigenvalue weighted by Crippen LogP contribution is -2.59. The van der Waals surface area contributed by atoms with Crippen molar-refractivity contribution in [3.05, 3.63) is 47.4 Å². The molecule has 4 nitrogen and oxygen atoms in total. The van der Waals surface area contributed by atoms with Crippen LogP contribution in [0.3, 0.4) is 0 Å². The van der Waals surface area contributed by atoms with Gasteiger partial charge in [0.25, 0.3) is 0 Å². The van der Waals surface area contributed by atoms with E-state index in [0.29, 0.717) is 24.7 Å². The van der Waals surface area contributed by atoms with Crippen LogP contribution in [0.1, 0.15) is 48.8 Å². The molecule has 4 heteroatoms. The number of hydrogen-bond acceptors (Lipinski definition) is 4. The van der Waals surface area contributed by atoms with E-state index in [2.05, 4.69) is 23.5 Å². The van der Waals surface area contributed by atoms with Crippen molar-refractivity contribution in [2.75, 3.05) is 33.5 Å². The molecule has 3 atom stereocenters. The Kier molecular flexibility index (Phi) is 5.51. The summed E-state index contributed by atoms with van der Waals surface area (Å²) in [4.78, 5) is 0. The Labute approximate surface area is 174 Å². The second-order valence-electron chi connectivity index (χ2n) is 9.05. The zero-order valence-electron chi connectivity index (χ0n) is 17.5. The average Bonchev–Trinajstić information content (AvgIpc) is 3.29. The Morgan fingerprint density at radius 2 is 2.10 bits per heavy atom. The topological polar surface area (TPSA) is 43.6 Å². The van der Waals surface area contributed by atoms with Crippen molar-refractivity contribution in [2.24, 2.45) is 5.92 Å². The molecule has 0 spiro atoms. The highest BCUT2D eigenvalue weighted by atomic mass is 16.5. The Bertz CT molecular complexity index is 827. The van der Waals surface area contributed by atoms with Crippen LogP contribution in [0, 0.1) is 5.92 Å². The minimum atomic E-state index is 0.368. The summed E-state index contributed by atoms with van der Waals surface area (Å²) in [6, 6.07) is 7.63. The third kappa shape index (κ3) is 3.45. The van der Waals surface area contributed by atoms with Gasteiger partial charge in [-0.3, -0.25) is 0 Å². The standard InChI is InChI=1S/C25H33NO3/c1-27-12-13-28-10-5-18-14-20(19-6-11-29-17-19)15-23-21(18)16-24-22-4-2-3-7-25(22,23)8-9-26-24/h6,11,14-15,17,22,24,26H,2-5,7-10,12-13,16H2,1H3/t22-,24+,25+/m0/s1. The maximum absolute atomic E-state index is 5.84. The first kappa shape index (κ1) is 19.3. The first-order chi connectivity index (χ1) is 14.3. The van der Waals surface area contributed by atoms with Gasteiger partial charge in [-0.05, 0) is 72.9 Å². The predicted octanol–water partition coefficient (Wildman–Crippen LogP) is 4.50. The number of piperidine rings is 1. The molecule has 0 amide bonds. The van der Waals surface area contributed by atoms with Crippen LogP contribution in [0.4, 0.5) is 0 Å². The van der Waals surface area contributed by atoms with E-state index >= 15 is 0 Å². The van der Waals surface area contributed by atoms with Crippen molar-refractivity contribution in [1.29, 1.82) is 0 Å². The molecule has 1 aliphatic heterocycles. The van der Waals surface area contributed by atoms with Crippen molar-refractivity contribution < 1.29 is 13.9 Å². The van der Waals surface area contributed by atoms with Gasteiger partial charge in [0.1, 0.15) is 0 Å². The Morgan fingerprint density at radius 1 is 1.14 bits per heavy atom. The van der Waals surface area contributed by atoms with E-state index in [1.807, 2.05) is 6.26 Å². The van der Waals surface area contributed by atoms with Crippen molar-refractivity contribution in [2.45, 2.75) is 56.4 Å². The molecule has 0 radical (unpaired) electrons. The third-order valence-corrected chi connectivity index (χ3v) is 7.67. The number of ether oxygens (including phenoxy) is 2. The molecule has 2 fully saturated rings. The van der Waals surface area contributed by atoms with E-state index in [0.717, 1.165) is 25.5 Å². The first-order valence-corrected chi connectivity index (χ1v) is 11.3. The van der Waals surface area contributed by atoms with E-state index in [1.54, 1.807) is 24.5 Å². The molecule has 2 aromatic rings. The zero-order valence-corrected chi connectivity index (χ0v) is 17.5. The molecule has 1 aromatic carbocycles. The van der Waals surface area contributed by atoms with Crippen LogP contribution in [0.2, 0.25) is 0 Å². The van der Waals surface area contributed by atoms with E-state index < -0.39 is 0 Å². The number of fused-ring (bicyclic) bond motifs is 1. The highest BCUT2D eigenvalue weighted by Crippen LogP contribution is 2.55. The number of hydrogen-bond donors (Lipinski definition) is 1. The number of rotatable bonds is 7. The molecule has 5 rings (SSSR count). The molecule has 2 bridgehead atoms. The van der Waals surface area contributed by atoms with Gasteiger partial charge < -0.3 is 19.2 Å². The molecule has 0 unspecified atom stereocenters. The predicted molar refractivity (Wildman–Crippen MR) is 114 cm³/mol. The molecule has 1 saturated heterocycles. The zero-order chi connectivity index (χ0) is 19.7. The fourth-order valence-electron chi connectivity index (χ4n) is 6.35. The molecule has 1 N–H and O–H groups in total. The molecule has 156 valence electrons. The van der Waals surface area contributed by atoms with Crippen LogP contribution in [0.15, 0.2) is 35.1 Å². The van der Waals surface area contributed by atoms with Gasteiger partial charge in [-0.15, -0.1) is 0 Å². The van der Waals surface area contributed by atoms with Gasteiger partial charge in [-0.1, -0.05) is 25.0 Å². The average molecular weight is 396 g/mol. The Hall–Kier alpha value is -1.62. The molecule has 1 aromatic heterocycles. The van der Waals surface area contributed by atoms with Gasteiger partial charge in [-0.25, -0.2) is 0 Å². The summed E-state index contributed by atoms with van der Waals surface area (Å²) in [5.74, 6) is 0.794. The van der Waals surface area contributed by atoms with Crippen molar-refractivity contribution in [3.8, 4) is 11.1 Å². The minimum Gasteiger partial charge on any atom is -0.472 e. The van der Waals surface area contributed by atoms with Gasteiger partial charge in [0.05, 0.1) is 32.3 Å². The minimum absolute atomic E-state index is 0.368. The van der Waals surface area contributed by atoms with Crippen LogP contribution in [-0.2, 0) is 27.7 Å². The second-order valence-corrected chi connectivity index (χ2v) is 9.05. The number of furan rings is 1. The molecule has 29 heavy (non-hydrogen) atoms. The molecule has 1 saturated carbocycles. The van der Waals surface area contributed by atoms with E-state index in [-0.39, 0.29) is 0 Å². The number of nitrogens with one attached hydrogen (secondary N) is 1. The largest absolute Gasteiger partial charge is 0.472 e. The monoisotopic (exact) mass is 395 g/mol. The SMILES string of the molecule is COCCOCCc1cc(-c2ccoc2)cc2c1C[C@H]1NCC[C@@]23CCCC[C@@H]13. The normalized spacial score (nSPS) is 28.0. The van der Waals surface area contributed by atoms with Crippen LogP contribution >= 0.6 is 0 Å². The van der Waals surface area contributed by atoms with E-state index in [9.17, 15) is 0 Å². The summed E-state index contributed by atoms with van der Waals surface area (Å²) in [6.07, 6.45) is 12.6. The maximum atomic E-state index is 5.84. The maximum Gasteiger partial charge on any atom is 0.0980 e. The summed E-state index contributed by atoms with van der Waals surface area (Å²) in [5.41, 5.74) is 7.57. The molecular formula is C25H33NO3. The van der Waals surface area contributed by atoms with Crippen molar-refractivity contribution in [3.63, 3.8) is 0 Å². The summed E-state index contributed by atoms with van der Waals surface area (Å²) in [5, 5.41) is 3.88. The van der Waals surface area contributed by atoms with Gasteiger partial charge >= 0.3 is 0 Å². The fourth-order valence-corrected chi connectivity index (χ4v) is 6.35. The smallest absolute Gasteiger partial charge is 0.0980 e. The second kappa shape index (κ2) is 8.25. The van der Waals surface area contributed by atoms with Gasteiger partial charge in [0, 0.05) is 24.1 Å². The molecule has 3 aliphatic rings. The van der Waals surface area contributed by atoms with E-state index in [4.69, 9.17) is 13.9 Å². The lowest BCUT2D eigenvalue weighted by atomic mass is 9.52. The lowest BCUT2D eigenvalue weighted by molar-refractivity contribution is 0.0708. The molecule has 2 heterocycles. The van der Waals surface area contributed by atoms with Crippen molar-refractivity contribution in [1.82, 2.24) is 5.32 Å². The van der Waals surface area contributed by atoms with E-state index in [1.165, 1.54) is 55.2 Å². The van der Waals surface area contributed by atoms with Crippen LogP contribution in [0.25, 0.3) is 11.1 Å². The summed E-state index contributed by atoms with van der Waals surface area (Å²) < 4.78 is 16.4. The first-order valence-electron chi connectivity index (χ1n) is 11.3. The summed E-state index contributed by atoms with van der Waals surface area (Å²) in [7, 11) is 1.72. The van der Waals surface area contributed by atoms with Crippen LogP contribution in [-0.4, -0.2) is 39.5 Å². The third-order valence-electron chi connectivity index (χ3n) is 7.67. The van der Waals surface area contributed by atoms with Gasteiger partial charge in [0.15, 0.2) is 0 Å². The number of methoxy groups -OCH3 is 1. The number of benzene rings is 1. The quantitative estimate of drug-likeness (QED) is 0.701. The highest BCUT2D eigenvalue weighted by molar-refractivity contribution is 5.67. The Morgan fingerprint density at radius 3 is 2.97 bits per heavy atom. The Balaban J connectivity index is 1.55. The van der Waals surface area contributed by atoms with Crippen LogP contribution < -0.4 is 5.32 Å². The van der Waals surface area contributed by atoms with Gasteiger partial charge in [0.2, 0.25) is 0 Å². The summed E-state index contributed by atoms with van der Waals surface area (Å²) >= 11 is 0. The van der Waals surface area contributed by atoms with Gasteiger partial charge in [-0.2, -0.15) is 0 Å². The lowest BCUT2D eigenvalue weighted by Gasteiger charge is -2.56. The molecule has 2 aliphatic carbocycles. The van der Waals surface area contributed by atoms with Crippen LogP contribution in [0.5, 0.6) is 0 Å².